The molecule has 5 heteroatoms. The third-order valence-electron chi connectivity index (χ3n) is 4.77. The molecule has 2 aromatic rings. The van der Waals surface area contributed by atoms with Crippen LogP contribution in [0.2, 0.25) is 0 Å². The number of hydrogen-bond acceptors (Lipinski definition) is 4. The highest BCUT2D eigenvalue weighted by Crippen LogP contribution is 2.31. The maximum atomic E-state index is 13.0. The first-order valence-electron chi connectivity index (χ1n) is 8.74. The first kappa shape index (κ1) is 15.8. The van der Waals surface area contributed by atoms with E-state index < -0.39 is 0 Å². The molecule has 1 aliphatic carbocycles. The highest BCUT2D eigenvalue weighted by molar-refractivity contribution is 7.22. The molecule has 1 aromatic carbocycles. The van der Waals surface area contributed by atoms with E-state index in [2.05, 4.69) is 18.2 Å². The molecule has 1 fully saturated rings. The van der Waals surface area contributed by atoms with Crippen LogP contribution in [0.3, 0.4) is 0 Å². The van der Waals surface area contributed by atoms with Gasteiger partial charge in [-0.25, -0.2) is 4.98 Å². The summed E-state index contributed by atoms with van der Waals surface area (Å²) in [6.07, 6.45) is 9.35. The molecular formula is C19H22N2O2S. The van der Waals surface area contributed by atoms with Crippen molar-refractivity contribution in [3.63, 3.8) is 0 Å². The van der Waals surface area contributed by atoms with Crippen molar-refractivity contribution in [1.29, 1.82) is 0 Å². The highest BCUT2D eigenvalue weighted by Gasteiger charge is 2.27. The number of carbonyl (C=O) groups is 1. The van der Waals surface area contributed by atoms with Gasteiger partial charge in [-0.1, -0.05) is 35.6 Å². The van der Waals surface area contributed by atoms with Gasteiger partial charge < -0.3 is 4.74 Å². The van der Waals surface area contributed by atoms with Crippen LogP contribution in [0, 0.1) is 5.92 Å². The van der Waals surface area contributed by atoms with Gasteiger partial charge in [0, 0.05) is 13.0 Å². The third-order valence-corrected chi connectivity index (χ3v) is 5.83. The van der Waals surface area contributed by atoms with Crippen LogP contribution in [0.4, 0.5) is 5.13 Å². The topological polar surface area (TPSA) is 42.4 Å². The maximum Gasteiger partial charge on any atom is 0.229 e. The molecule has 1 saturated heterocycles. The zero-order valence-electron chi connectivity index (χ0n) is 13.7. The minimum absolute atomic E-state index is 0.139. The number of anilines is 1. The van der Waals surface area contributed by atoms with Crippen LogP contribution in [-0.2, 0) is 9.53 Å². The van der Waals surface area contributed by atoms with Gasteiger partial charge in [0.25, 0.3) is 0 Å². The summed E-state index contributed by atoms with van der Waals surface area (Å²) in [5.74, 6) is 0.542. The molecule has 1 aliphatic heterocycles. The van der Waals surface area contributed by atoms with Crippen molar-refractivity contribution in [2.24, 2.45) is 5.92 Å². The molecule has 1 aromatic heterocycles. The van der Waals surface area contributed by atoms with E-state index in [0.29, 0.717) is 18.9 Å². The fraction of sp³-hybridized carbons (Fsp3) is 0.474. The predicted molar refractivity (Wildman–Crippen MR) is 97.4 cm³/mol. The summed E-state index contributed by atoms with van der Waals surface area (Å²) in [5.41, 5.74) is 0.961. The second-order valence-corrected chi connectivity index (χ2v) is 7.58. The Kier molecular flexibility index (Phi) is 4.63. The van der Waals surface area contributed by atoms with Crippen molar-refractivity contribution < 1.29 is 9.53 Å². The van der Waals surface area contributed by atoms with Gasteiger partial charge in [-0.3, -0.25) is 9.69 Å². The summed E-state index contributed by atoms with van der Waals surface area (Å²) < 4.78 is 6.89. The highest BCUT2D eigenvalue weighted by atomic mass is 32.1. The van der Waals surface area contributed by atoms with E-state index >= 15 is 0 Å². The first-order chi connectivity index (χ1) is 11.8. The van der Waals surface area contributed by atoms with Crippen molar-refractivity contribution >= 4 is 32.6 Å². The van der Waals surface area contributed by atoms with E-state index in [9.17, 15) is 4.79 Å². The quantitative estimate of drug-likeness (QED) is 0.766. The predicted octanol–water partition coefficient (Wildman–Crippen LogP) is 4.16. The summed E-state index contributed by atoms with van der Waals surface area (Å²) in [5, 5.41) is 0.804. The molecule has 126 valence electrons. The Hall–Kier alpha value is -1.72. The smallest absolute Gasteiger partial charge is 0.229 e. The second-order valence-electron chi connectivity index (χ2n) is 6.57. The summed E-state index contributed by atoms with van der Waals surface area (Å²) in [7, 11) is 0. The number of aromatic nitrogens is 1. The van der Waals surface area contributed by atoms with Crippen molar-refractivity contribution in [3.05, 3.63) is 36.4 Å². The lowest BCUT2D eigenvalue weighted by atomic mass is 10.0. The number of nitrogens with zero attached hydrogens (tertiary/aromatic N) is 2. The molecule has 2 aliphatic rings. The Morgan fingerprint density at radius 1 is 1.33 bits per heavy atom. The van der Waals surface area contributed by atoms with Crippen LogP contribution < -0.4 is 4.90 Å². The minimum Gasteiger partial charge on any atom is -0.376 e. The number of thiazole rings is 1. The van der Waals surface area contributed by atoms with E-state index in [1.165, 1.54) is 0 Å². The number of benzene rings is 1. The molecule has 2 atom stereocenters. The van der Waals surface area contributed by atoms with E-state index in [0.717, 1.165) is 47.6 Å². The lowest BCUT2D eigenvalue weighted by Gasteiger charge is -2.24. The standard InChI is InChI=1S/C19H22N2O2S/c22-18(12-14-6-1-2-7-14)21(13-15-8-5-11-23-15)19-20-16-9-3-4-10-17(16)24-19/h1,3-4,6,9-10,14-15H,2,5,7-8,11-13H2/t14-,15+/m0/s1. The van der Waals surface area contributed by atoms with Gasteiger partial charge >= 0.3 is 0 Å². The molecule has 24 heavy (non-hydrogen) atoms. The Morgan fingerprint density at radius 2 is 2.25 bits per heavy atom. The van der Waals surface area contributed by atoms with Crippen LogP contribution >= 0.6 is 11.3 Å². The summed E-state index contributed by atoms with van der Waals surface area (Å²) >= 11 is 1.60. The van der Waals surface area contributed by atoms with E-state index in [1.807, 2.05) is 23.1 Å². The molecule has 0 radical (unpaired) electrons. The molecule has 0 saturated carbocycles. The Bertz CT molecular complexity index is 716. The molecule has 0 bridgehead atoms. The van der Waals surface area contributed by atoms with E-state index in [4.69, 9.17) is 9.72 Å². The Labute approximate surface area is 146 Å². The number of fused-ring (bicyclic) bond motifs is 1. The first-order valence-corrected chi connectivity index (χ1v) is 9.55. The number of hydrogen-bond donors (Lipinski definition) is 0. The fourth-order valence-electron chi connectivity index (χ4n) is 3.45. The van der Waals surface area contributed by atoms with Crippen molar-refractivity contribution in [3.8, 4) is 0 Å². The van der Waals surface area contributed by atoms with Gasteiger partial charge in [-0.15, -0.1) is 0 Å². The average molecular weight is 342 g/mol. The molecule has 2 heterocycles. The van der Waals surface area contributed by atoms with Crippen LogP contribution in [0.25, 0.3) is 10.2 Å². The average Bonchev–Trinajstić information content (AvgIpc) is 3.33. The van der Waals surface area contributed by atoms with Gasteiger partial charge in [0.05, 0.1) is 22.9 Å². The van der Waals surface area contributed by atoms with Crippen molar-refractivity contribution in [1.82, 2.24) is 4.98 Å². The van der Waals surface area contributed by atoms with Crippen molar-refractivity contribution in [2.45, 2.75) is 38.2 Å². The number of allylic oxidation sites excluding steroid dienone is 2. The van der Waals surface area contributed by atoms with Gasteiger partial charge in [0.1, 0.15) is 0 Å². The zero-order valence-corrected chi connectivity index (χ0v) is 14.5. The summed E-state index contributed by atoms with van der Waals surface area (Å²) in [4.78, 5) is 19.5. The maximum absolute atomic E-state index is 13.0. The zero-order chi connectivity index (χ0) is 16.4. The molecular weight excluding hydrogens is 320 g/mol. The molecule has 0 N–H and O–H groups in total. The van der Waals surface area contributed by atoms with Gasteiger partial charge in [-0.05, 0) is 43.7 Å². The Balaban J connectivity index is 1.58. The Morgan fingerprint density at radius 3 is 3.00 bits per heavy atom. The normalized spacial score (nSPS) is 23.2. The van der Waals surface area contributed by atoms with Gasteiger partial charge in [0.15, 0.2) is 5.13 Å². The lowest BCUT2D eigenvalue weighted by Crippen LogP contribution is -2.38. The van der Waals surface area contributed by atoms with Gasteiger partial charge in [-0.2, -0.15) is 0 Å². The summed E-state index contributed by atoms with van der Waals surface area (Å²) in [6.45, 7) is 1.42. The fourth-order valence-corrected chi connectivity index (χ4v) is 4.45. The number of rotatable bonds is 5. The molecule has 4 rings (SSSR count). The molecule has 1 amide bonds. The van der Waals surface area contributed by atoms with Crippen LogP contribution in [-0.4, -0.2) is 30.1 Å². The number of para-hydroxylation sites is 1. The SMILES string of the molecule is O=C(C[C@H]1C=CCC1)N(C[C@H]1CCCO1)c1nc2ccccc2s1. The number of ether oxygens (including phenoxy) is 1. The van der Waals surface area contributed by atoms with E-state index in [1.54, 1.807) is 11.3 Å². The molecule has 0 unspecified atom stereocenters. The van der Waals surface area contributed by atoms with E-state index in [-0.39, 0.29) is 12.0 Å². The van der Waals surface area contributed by atoms with Crippen molar-refractivity contribution in [2.75, 3.05) is 18.1 Å². The number of carbonyl (C=O) groups excluding carboxylic acids is 1. The largest absolute Gasteiger partial charge is 0.376 e. The summed E-state index contributed by atoms with van der Waals surface area (Å²) in [6, 6.07) is 8.07. The monoisotopic (exact) mass is 342 g/mol. The third kappa shape index (κ3) is 3.37. The molecule has 4 nitrogen and oxygen atoms in total. The van der Waals surface area contributed by atoms with Crippen LogP contribution in [0.1, 0.15) is 32.1 Å². The number of amides is 1. The second kappa shape index (κ2) is 7.03. The molecule has 0 spiro atoms. The van der Waals surface area contributed by atoms with Gasteiger partial charge in [0.2, 0.25) is 5.91 Å². The van der Waals surface area contributed by atoms with Crippen LogP contribution in [0.15, 0.2) is 36.4 Å². The van der Waals surface area contributed by atoms with Crippen LogP contribution in [0.5, 0.6) is 0 Å². The minimum atomic E-state index is 0.139. The lowest BCUT2D eigenvalue weighted by molar-refractivity contribution is -0.119.